The van der Waals surface area contributed by atoms with Crippen LogP contribution in [0.3, 0.4) is 0 Å². The Hall–Kier alpha value is -3.80. The summed E-state index contributed by atoms with van der Waals surface area (Å²) < 4.78 is 14.7. The molecule has 0 aliphatic carbocycles. The largest absolute Gasteiger partial charge is 0.290 e. The molecule has 2 heterocycles. The second-order valence-electron chi connectivity index (χ2n) is 6.68. The third kappa shape index (κ3) is 3.78. The Bertz CT molecular complexity index is 1240. The van der Waals surface area contributed by atoms with E-state index in [1.807, 2.05) is 49.4 Å². The summed E-state index contributed by atoms with van der Waals surface area (Å²) in [6.07, 6.45) is 0. The molecule has 0 aliphatic rings. The molecule has 0 unspecified atom stereocenters. The van der Waals surface area contributed by atoms with Gasteiger partial charge in [0.25, 0.3) is 5.56 Å². The van der Waals surface area contributed by atoms with E-state index in [0.29, 0.717) is 28.5 Å². The van der Waals surface area contributed by atoms with Crippen molar-refractivity contribution >= 4 is 11.5 Å². The smallest absolute Gasteiger partial charge is 0.280 e. The van der Waals surface area contributed by atoms with Crippen molar-refractivity contribution in [3.05, 3.63) is 100 Å². The van der Waals surface area contributed by atoms with E-state index >= 15 is 0 Å². The number of pyridine rings is 1. The van der Waals surface area contributed by atoms with Gasteiger partial charge in [-0.05, 0) is 50.2 Å². The minimum atomic E-state index is -0.361. The Morgan fingerprint density at radius 1 is 1.00 bits per heavy atom. The number of nitrogens with one attached hydrogen (secondary N) is 1. The summed E-state index contributed by atoms with van der Waals surface area (Å²) >= 11 is 0. The first-order valence-corrected chi connectivity index (χ1v) is 9.18. The van der Waals surface area contributed by atoms with Crippen molar-refractivity contribution in [1.82, 2.24) is 14.8 Å². The zero-order valence-electron chi connectivity index (χ0n) is 16.1. The number of aliphatic imine (C=N–C) groups is 1. The lowest BCUT2D eigenvalue weighted by molar-refractivity contribution is 0.627. The van der Waals surface area contributed by atoms with E-state index in [1.54, 1.807) is 25.1 Å². The quantitative estimate of drug-likeness (QED) is 0.511. The van der Waals surface area contributed by atoms with Crippen LogP contribution in [-0.4, -0.2) is 20.5 Å². The minimum absolute atomic E-state index is 0.260. The van der Waals surface area contributed by atoms with Gasteiger partial charge in [0.2, 0.25) is 0 Å². The first-order chi connectivity index (χ1) is 14.0. The molecule has 4 aromatic rings. The molecule has 144 valence electrons. The summed E-state index contributed by atoms with van der Waals surface area (Å²) in [5.41, 5.74) is 3.62. The highest BCUT2D eigenvalue weighted by molar-refractivity contribution is 6.04. The molecule has 5 nitrogen and oxygen atoms in total. The van der Waals surface area contributed by atoms with Crippen molar-refractivity contribution in [2.75, 3.05) is 0 Å². The van der Waals surface area contributed by atoms with Crippen LogP contribution >= 0.6 is 0 Å². The Balaban J connectivity index is 1.92. The van der Waals surface area contributed by atoms with Gasteiger partial charge in [-0.25, -0.2) is 19.0 Å². The summed E-state index contributed by atoms with van der Waals surface area (Å²) in [4.78, 5) is 22.3. The molecule has 4 rings (SSSR count). The molecule has 0 saturated carbocycles. The van der Waals surface area contributed by atoms with E-state index < -0.39 is 0 Å². The zero-order chi connectivity index (χ0) is 20.4. The van der Waals surface area contributed by atoms with Crippen molar-refractivity contribution in [1.29, 1.82) is 0 Å². The third-order valence-corrected chi connectivity index (χ3v) is 4.56. The number of aryl methyl sites for hydroxylation is 1. The van der Waals surface area contributed by atoms with Crippen LogP contribution in [-0.2, 0) is 0 Å². The maximum Gasteiger partial charge on any atom is 0.280 e. The van der Waals surface area contributed by atoms with Crippen LogP contribution in [0.25, 0.3) is 16.9 Å². The molecule has 2 aromatic heterocycles. The first kappa shape index (κ1) is 18.6. The predicted molar refractivity (Wildman–Crippen MR) is 113 cm³/mol. The summed E-state index contributed by atoms with van der Waals surface area (Å²) in [5, 5.41) is 3.16. The fourth-order valence-corrected chi connectivity index (χ4v) is 3.18. The fraction of sp³-hybridized carbons (Fsp3) is 0.0870. The lowest BCUT2D eigenvalue weighted by Gasteiger charge is -2.03. The molecule has 0 saturated heterocycles. The van der Waals surface area contributed by atoms with Crippen LogP contribution in [0.5, 0.6) is 0 Å². The Kier molecular flexibility index (Phi) is 4.91. The lowest BCUT2D eigenvalue weighted by atomic mass is 10.1. The molecule has 0 aliphatic heterocycles. The van der Waals surface area contributed by atoms with Gasteiger partial charge in [0, 0.05) is 11.3 Å². The number of aromatic nitrogens is 3. The Morgan fingerprint density at radius 2 is 1.72 bits per heavy atom. The summed E-state index contributed by atoms with van der Waals surface area (Å²) in [6.45, 7) is 3.68. The highest BCUT2D eigenvalue weighted by Crippen LogP contribution is 2.22. The predicted octanol–water partition coefficient (Wildman–Crippen LogP) is 4.82. The molecule has 0 amide bonds. The molecule has 6 heteroatoms. The molecule has 29 heavy (non-hydrogen) atoms. The van der Waals surface area contributed by atoms with Gasteiger partial charge < -0.3 is 0 Å². The van der Waals surface area contributed by atoms with Gasteiger partial charge in [0.1, 0.15) is 5.82 Å². The summed E-state index contributed by atoms with van der Waals surface area (Å²) in [7, 11) is 0. The van der Waals surface area contributed by atoms with Crippen LogP contribution < -0.4 is 5.56 Å². The van der Waals surface area contributed by atoms with Gasteiger partial charge in [0.15, 0.2) is 5.82 Å². The molecular weight excluding hydrogens is 367 g/mol. The molecule has 0 atom stereocenters. The van der Waals surface area contributed by atoms with Gasteiger partial charge in [-0.1, -0.05) is 36.4 Å². The number of hydrogen-bond donors (Lipinski definition) is 1. The topological polar surface area (TPSA) is 63.0 Å². The van der Waals surface area contributed by atoms with Crippen molar-refractivity contribution in [3.8, 4) is 16.9 Å². The molecule has 0 fully saturated rings. The van der Waals surface area contributed by atoms with Gasteiger partial charge in [-0.3, -0.25) is 9.89 Å². The van der Waals surface area contributed by atoms with E-state index in [0.717, 1.165) is 11.3 Å². The molecule has 0 bridgehead atoms. The number of aromatic amines is 1. The van der Waals surface area contributed by atoms with E-state index in [-0.39, 0.29) is 11.4 Å². The average Bonchev–Trinajstić information content (AvgIpc) is 3.06. The van der Waals surface area contributed by atoms with Crippen LogP contribution in [0.2, 0.25) is 0 Å². The first-order valence-electron chi connectivity index (χ1n) is 9.18. The highest BCUT2D eigenvalue weighted by Gasteiger charge is 2.19. The number of benzene rings is 2. The standard InChI is InChI=1S/C23H19FN4O/c1-15-7-6-10-20(25-15)26-16(2)21-22(17-8-4-3-5-9-17)27-28(23(21)29)19-13-11-18(24)12-14-19/h3-14,27H,1-2H3. The normalized spacial score (nSPS) is 11.6. The summed E-state index contributed by atoms with van der Waals surface area (Å²) in [5.74, 6) is 0.176. The Labute approximate surface area is 167 Å². The SMILES string of the molecule is CC(=Nc1cccc(C)n1)c1c(-c2ccccc2)[nH]n(-c2ccc(F)cc2)c1=O. The molecule has 2 aromatic carbocycles. The average molecular weight is 386 g/mol. The van der Waals surface area contributed by atoms with Gasteiger partial charge >= 0.3 is 0 Å². The monoisotopic (exact) mass is 386 g/mol. The minimum Gasteiger partial charge on any atom is -0.290 e. The van der Waals surface area contributed by atoms with Crippen molar-refractivity contribution in [2.24, 2.45) is 4.99 Å². The number of halogens is 1. The van der Waals surface area contributed by atoms with E-state index in [2.05, 4.69) is 15.1 Å². The lowest BCUT2D eigenvalue weighted by Crippen LogP contribution is -2.19. The third-order valence-electron chi connectivity index (χ3n) is 4.56. The maximum absolute atomic E-state index is 13.3. The van der Waals surface area contributed by atoms with Gasteiger partial charge in [-0.2, -0.15) is 0 Å². The van der Waals surface area contributed by atoms with E-state index in [1.165, 1.54) is 16.8 Å². The highest BCUT2D eigenvalue weighted by atomic mass is 19.1. The second-order valence-corrected chi connectivity index (χ2v) is 6.68. The number of nitrogens with zero attached hydrogens (tertiary/aromatic N) is 3. The Morgan fingerprint density at radius 3 is 2.41 bits per heavy atom. The van der Waals surface area contributed by atoms with Crippen LogP contribution in [0.4, 0.5) is 10.2 Å². The summed E-state index contributed by atoms with van der Waals surface area (Å²) in [6, 6.07) is 20.9. The fourth-order valence-electron chi connectivity index (χ4n) is 3.18. The van der Waals surface area contributed by atoms with Gasteiger partial charge in [-0.15, -0.1) is 0 Å². The van der Waals surface area contributed by atoms with Crippen LogP contribution in [0.15, 0.2) is 82.6 Å². The maximum atomic E-state index is 13.3. The van der Waals surface area contributed by atoms with Crippen molar-refractivity contribution in [3.63, 3.8) is 0 Å². The molecule has 1 N–H and O–H groups in total. The van der Waals surface area contributed by atoms with Crippen LogP contribution in [0, 0.1) is 12.7 Å². The molecular formula is C23H19FN4O. The van der Waals surface area contributed by atoms with E-state index in [4.69, 9.17) is 0 Å². The number of hydrogen-bond acceptors (Lipinski definition) is 3. The van der Waals surface area contributed by atoms with Crippen molar-refractivity contribution < 1.29 is 4.39 Å². The van der Waals surface area contributed by atoms with Gasteiger partial charge in [0.05, 0.1) is 22.7 Å². The second kappa shape index (κ2) is 7.67. The molecule has 0 spiro atoms. The van der Waals surface area contributed by atoms with E-state index in [9.17, 15) is 9.18 Å². The zero-order valence-corrected chi connectivity index (χ0v) is 16.1. The van der Waals surface area contributed by atoms with Crippen molar-refractivity contribution in [2.45, 2.75) is 13.8 Å². The number of H-pyrrole nitrogens is 1. The number of rotatable bonds is 4. The van der Waals surface area contributed by atoms with Crippen LogP contribution in [0.1, 0.15) is 18.2 Å². The molecule has 0 radical (unpaired) electrons.